The Hall–Kier alpha value is -4.76. The Kier molecular flexibility index (Phi) is 6.87. The molecule has 0 amide bonds. The molecule has 0 atom stereocenters. The van der Waals surface area contributed by atoms with Crippen LogP contribution in [0, 0.1) is 0 Å². The molecular weight excluding hydrogens is 426 g/mol. The third-order valence-corrected chi connectivity index (χ3v) is 5.51. The summed E-state index contributed by atoms with van der Waals surface area (Å²) >= 11 is 0. The van der Waals surface area contributed by atoms with E-state index in [4.69, 9.17) is 0 Å². The standard InChI is InChI=1S/C32H25N3/c1-4-14-28(15-5-1)33-24-26-12-10-20-31(22-26)35(30-18-8-3-9-19-30)32-21-11-13-27(23-32)25-34-29-16-6-2-7-17-29/h1-25H. The number of hydrogen-bond acceptors (Lipinski definition) is 3. The van der Waals surface area contributed by atoms with Crippen molar-refractivity contribution in [2.45, 2.75) is 0 Å². The minimum atomic E-state index is 0.934. The molecule has 5 rings (SSSR count). The van der Waals surface area contributed by atoms with E-state index in [9.17, 15) is 0 Å². The third-order valence-electron chi connectivity index (χ3n) is 5.51. The summed E-state index contributed by atoms with van der Waals surface area (Å²) in [5, 5.41) is 0. The van der Waals surface area contributed by atoms with Gasteiger partial charge in [-0.15, -0.1) is 0 Å². The number of para-hydroxylation sites is 3. The average molecular weight is 452 g/mol. The Morgan fingerprint density at radius 3 is 1.26 bits per heavy atom. The first-order valence-electron chi connectivity index (χ1n) is 11.6. The number of nitrogens with zero attached hydrogens (tertiary/aromatic N) is 3. The fourth-order valence-electron chi connectivity index (χ4n) is 3.84. The fraction of sp³-hybridized carbons (Fsp3) is 0. The van der Waals surface area contributed by atoms with Crippen molar-refractivity contribution in [2.24, 2.45) is 9.98 Å². The zero-order valence-corrected chi connectivity index (χ0v) is 19.3. The maximum absolute atomic E-state index is 4.63. The molecule has 3 heteroatoms. The summed E-state index contributed by atoms with van der Waals surface area (Å²) < 4.78 is 0. The number of benzene rings is 5. The number of anilines is 3. The number of rotatable bonds is 7. The Morgan fingerprint density at radius 1 is 0.400 bits per heavy atom. The van der Waals surface area contributed by atoms with E-state index in [-0.39, 0.29) is 0 Å². The lowest BCUT2D eigenvalue weighted by Gasteiger charge is -2.26. The van der Waals surface area contributed by atoms with Gasteiger partial charge in [-0.3, -0.25) is 9.98 Å². The van der Waals surface area contributed by atoms with Crippen LogP contribution in [0.15, 0.2) is 150 Å². The van der Waals surface area contributed by atoms with E-state index in [0.29, 0.717) is 0 Å². The molecule has 0 spiro atoms. The Balaban J connectivity index is 1.50. The summed E-state index contributed by atoms with van der Waals surface area (Å²) in [4.78, 5) is 11.5. The van der Waals surface area contributed by atoms with Crippen LogP contribution in [0.1, 0.15) is 11.1 Å². The van der Waals surface area contributed by atoms with Crippen LogP contribution in [0.4, 0.5) is 28.4 Å². The van der Waals surface area contributed by atoms with Gasteiger partial charge in [-0.1, -0.05) is 78.9 Å². The molecule has 0 N–H and O–H groups in total. The van der Waals surface area contributed by atoms with Crippen LogP contribution in [0.2, 0.25) is 0 Å². The normalized spacial score (nSPS) is 11.2. The first kappa shape index (κ1) is 22.1. The molecule has 0 aliphatic heterocycles. The Labute approximate surface area is 206 Å². The minimum absolute atomic E-state index is 0.934. The van der Waals surface area contributed by atoms with E-state index in [2.05, 4.69) is 87.7 Å². The molecule has 3 nitrogen and oxygen atoms in total. The van der Waals surface area contributed by atoms with Crippen LogP contribution in [0.25, 0.3) is 0 Å². The van der Waals surface area contributed by atoms with Gasteiger partial charge in [-0.05, 0) is 71.8 Å². The molecule has 0 aliphatic rings. The summed E-state index contributed by atoms with van der Waals surface area (Å²) in [5.74, 6) is 0. The first-order chi connectivity index (χ1) is 17.3. The van der Waals surface area contributed by atoms with Crippen LogP contribution in [-0.2, 0) is 0 Å². The summed E-state index contributed by atoms with van der Waals surface area (Å²) in [7, 11) is 0. The Morgan fingerprint density at radius 2 is 0.800 bits per heavy atom. The van der Waals surface area contributed by atoms with Gasteiger partial charge >= 0.3 is 0 Å². The van der Waals surface area contributed by atoms with Gasteiger partial charge < -0.3 is 4.90 Å². The van der Waals surface area contributed by atoms with Crippen LogP contribution in [-0.4, -0.2) is 12.4 Å². The summed E-state index contributed by atoms with van der Waals surface area (Å²) in [6, 6.07) is 47.2. The minimum Gasteiger partial charge on any atom is -0.310 e. The number of hydrogen-bond donors (Lipinski definition) is 0. The highest BCUT2D eigenvalue weighted by Gasteiger charge is 2.12. The monoisotopic (exact) mass is 451 g/mol. The van der Waals surface area contributed by atoms with Crippen molar-refractivity contribution in [3.63, 3.8) is 0 Å². The molecular formula is C32H25N3. The second-order valence-electron chi connectivity index (χ2n) is 8.05. The van der Waals surface area contributed by atoms with Crippen molar-refractivity contribution < 1.29 is 0 Å². The van der Waals surface area contributed by atoms with Gasteiger partial charge in [-0.2, -0.15) is 0 Å². The number of aliphatic imine (C=N–C) groups is 2. The molecule has 5 aromatic carbocycles. The predicted octanol–water partition coefficient (Wildman–Crippen LogP) is 8.66. The highest BCUT2D eigenvalue weighted by atomic mass is 15.1. The maximum Gasteiger partial charge on any atom is 0.0629 e. The molecule has 0 heterocycles. The molecule has 0 saturated carbocycles. The molecule has 0 aliphatic carbocycles. The van der Waals surface area contributed by atoms with E-state index in [1.54, 1.807) is 0 Å². The molecule has 0 aromatic heterocycles. The smallest absolute Gasteiger partial charge is 0.0629 e. The topological polar surface area (TPSA) is 28.0 Å². The zero-order chi connectivity index (χ0) is 23.7. The molecule has 0 fully saturated rings. The van der Waals surface area contributed by atoms with Gasteiger partial charge in [0.1, 0.15) is 0 Å². The zero-order valence-electron chi connectivity index (χ0n) is 19.3. The van der Waals surface area contributed by atoms with E-state index in [0.717, 1.165) is 39.6 Å². The largest absolute Gasteiger partial charge is 0.310 e. The van der Waals surface area contributed by atoms with Gasteiger partial charge in [-0.25, -0.2) is 0 Å². The van der Waals surface area contributed by atoms with Gasteiger partial charge in [0.05, 0.1) is 11.4 Å². The van der Waals surface area contributed by atoms with Crippen LogP contribution in [0.5, 0.6) is 0 Å². The van der Waals surface area contributed by atoms with Crippen LogP contribution in [0.3, 0.4) is 0 Å². The van der Waals surface area contributed by atoms with Crippen molar-refractivity contribution in [1.29, 1.82) is 0 Å². The van der Waals surface area contributed by atoms with Gasteiger partial charge in [0.2, 0.25) is 0 Å². The second kappa shape index (κ2) is 10.9. The van der Waals surface area contributed by atoms with Crippen molar-refractivity contribution in [1.82, 2.24) is 0 Å². The summed E-state index contributed by atoms with van der Waals surface area (Å²) in [5.41, 5.74) is 7.15. The highest BCUT2D eigenvalue weighted by molar-refractivity contribution is 5.88. The quantitative estimate of drug-likeness (QED) is 0.228. The van der Waals surface area contributed by atoms with Crippen LogP contribution >= 0.6 is 0 Å². The van der Waals surface area contributed by atoms with Gasteiger partial charge in [0.15, 0.2) is 0 Å². The Bertz CT molecular complexity index is 1330. The lowest BCUT2D eigenvalue weighted by atomic mass is 10.1. The van der Waals surface area contributed by atoms with Crippen molar-refractivity contribution in [2.75, 3.05) is 4.90 Å². The molecule has 5 aromatic rings. The third kappa shape index (κ3) is 5.79. The van der Waals surface area contributed by atoms with Gasteiger partial charge in [0, 0.05) is 29.5 Å². The van der Waals surface area contributed by atoms with E-state index >= 15 is 0 Å². The molecule has 0 bridgehead atoms. The van der Waals surface area contributed by atoms with Crippen molar-refractivity contribution in [3.8, 4) is 0 Å². The van der Waals surface area contributed by atoms with E-state index < -0.39 is 0 Å². The van der Waals surface area contributed by atoms with E-state index in [1.807, 2.05) is 79.2 Å². The molecule has 0 radical (unpaired) electrons. The lowest BCUT2D eigenvalue weighted by molar-refractivity contribution is 1.28. The second-order valence-corrected chi connectivity index (χ2v) is 8.05. The first-order valence-corrected chi connectivity index (χ1v) is 11.6. The summed E-state index contributed by atoms with van der Waals surface area (Å²) in [6.07, 6.45) is 3.82. The molecule has 35 heavy (non-hydrogen) atoms. The molecule has 0 unspecified atom stereocenters. The van der Waals surface area contributed by atoms with Crippen LogP contribution < -0.4 is 4.90 Å². The van der Waals surface area contributed by atoms with Crippen molar-refractivity contribution in [3.05, 3.63) is 151 Å². The molecule has 168 valence electrons. The molecule has 0 saturated heterocycles. The summed E-state index contributed by atoms with van der Waals surface area (Å²) in [6.45, 7) is 0. The van der Waals surface area contributed by atoms with Crippen molar-refractivity contribution >= 4 is 40.9 Å². The predicted molar refractivity (Wildman–Crippen MR) is 149 cm³/mol. The highest BCUT2D eigenvalue weighted by Crippen LogP contribution is 2.35. The fourth-order valence-corrected chi connectivity index (χ4v) is 3.84. The average Bonchev–Trinajstić information content (AvgIpc) is 2.93. The lowest BCUT2D eigenvalue weighted by Crippen LogP contribution is -2.10. The van der Waals surface area contributed by atoms with E-state index in [1.165, 1.54) is 0 Å². The van der Waals surface area contributed by atoms with Gasteiger partial charge in [0.25, 0.3) is 0 Å². The SMILES string of the molecule is C(=Nc1ccccc1)c1cccc(N(c2ccccc2)c2cccc(C=Nc3ccccc3)c2)c1. The maximum atomic E-state index is 4.63.